The van der Waals surface area contributed by atoms with Crippen molar-refractivity contribution in [1.29, 1.82) is 0 Å². The van der Waals surface area contributed by atoms with Crippen LogP contribution in [0.15, 0.2) is 29.2 Å². The van der Waals surface area contributed by atoms with Crippen molar-refractivity contribution >= 4 is 19.1 Å². The molecule has 23 heavy (non-hydrogen) atoms. The predicted octanol–water partition coefficient (Wildman–Crippen LogP) is 3.85. The monoisotopic (exact) mass is 353 g/mol. The Kier molecular flexibility index (Phi) is 5.88. The minimum atomic E-state index is -1.79. The molecule has 1 heterocycles. The fourth-order valence-electron chi connectivity index (χ4n) is 2.56. The first-order chi connectivity index (χ1) is 10.6. The number of benzene rings is 1. The molecule has 1 aromatic rings. The number of hydrogen-bond donors (Lipinski definition) is 1. The molecule has 130 valence electrons. The van der Waals surface area contributed by atoms with Crippen molar-refractivity contribution in [2.75, 3.05) is 12.3 Å². The molecule has 2 rings (SSSR count). The fourth-order valence-corrected chi connectivity index (χ4v) is 5.24. The second-order valence-corrected chi connectivity index (χ2v) is 14.3. The topological polar surface area (TPSA) is 38.3 Å². The molecule has 5 heteroatoms. The van der Waals surface area contributed by atoms with Gasteiger partial charge in [-0.1, -0.05) is 38.5 Å². The van der Waals surface area contributed by atoms with Gasteiger partial charge in [0.25, 0.3) is 0 Å². The average Bonchev–Trinajstić information content (AvgIpc) is 2.84. The van der Waals surface area contributed by atoms with Gasteiger partial charge in [-0.05, 0) is 50.2 Å². The zero-order valence-electron chi connectivity index (χ0n) is 15.3. The second kappa shape index (κ2) is 7.17. The van der Waals surface area contributed by atoms with Crippen LogP contribution >= 0.6 is 0 Å². The maximum absolute atomic E-state index is 12.6. The summed E-state index contributed by atoms with van der Waals surface area (Å²) in [6.07, 6.45) is 1.20. The molecule has 1 aliphatic heterocycles. The Balaban J connectivity index is 2.02. The van der Waals surface area contributed by atoms with Gasteiger partial charge in [0.05, 0.1) is 16.9 Å². The Morgan fingerprint density at radius 1 is 1.26 bits per heavy atom. The van der Waals surface area contributed by atoms with Gasteiger partial charge in [-0.15, -0.1) is 0 Å². The third-order valence-corrected chi connectivity index (χ3v) is 11.1. The van der Waals surface area contributed by atoms with Crippen molar-refractivity contribution in [3.63, 3.8) is 0 Å². The summed E-state index contributed by atoms with van der Waals surface area (Å²) in [6.45, 7) is 14.4. The van der Waals surface area contributed by atoms with Crippen LogP contribution in [0.1, 0.15) is 32.8 Å². The van der Waals surface area contributed by atoms with Gasteiger partial charge in [-0.3, -0.25) is 4.21 Å². The summed E-state index contributed by atoms with van der Waals surface area (Å²) >= 11 is 0. The Hall–Kier alpha value is -0.493. The first-order valence-electron chi connectivity index (χ1n) is 8.46. The average molecular weight is 354 g/mol. The van der Waals surface area contributed by atoms with E-state index in [2.05, 4.69) is 39.2 Å². The highest BCUT2D eigenvalue weighted by Crippen LogP contribution is 2.38. The number of rotatable bonds is 5. The van der Waals surface area contributed by atoms with E-state index in [0.717, 1.165) is 17.9 Å². The van der Waals surface area contributed by atoms with Crippen LogP contribution in [0.2, 0.25) is 18.1 Å². The van der Waals surface area contributed by atoms with Crippen LogP contribution in [0, 0.1) is 6.92 Å². The van der Waals surface area contributed by atoms with E-state index in [4.69, 9.17) is 4.43 Å². The van der Waals surface area contributed by atoms with E-state index in [1.54, 1.807) is 0 Å². The maximum atomic E-state index is 12.6. The van der Waals surface area contributed by atoms with Crippen LogP contribution < -0.4 is 5.32 Å². The summed E-state index contributed by atoms with van der Waals surface area (Å²) in [5.41, 5.74) is 1.20. The summed E-state index contributed by atoms with van der Waals surface area (Å²) < 4.78 is 19.2. The van der Waals surface area contributed by atoms with E-state index in [9.17, 15) is 4.21 Å². The molecular weight excluding hydrogens is 322 g/mol. The minimum Gasteiger partial charge on any atom is -0.412 e. The van der Waals surface area contributed by atoms with Gasteiger partial charge >= 0.3 is 0 Å². The summed E-state index contributed by atoms with van der Waals surface area (Å²) in [5.74, 6) is 0.627. The van der Waals surface area contributed by atoms with Crippen molar-refractivity contribution in [2.45, 2.75) is 69.3 Å². The highest BCUT2D eigenvalue weighted by Gasteiger charge is 2.42. The van der Waals surface area contributed by atoms with E-state index in [-0.39, 0.29) is 17.2 Å². The van der Waals surface area contributed by atoms with Crippen LogP contribution in [0.3, 0.4) is 0 Å². The fraction of sp³-hybridized carbons (Fsp3) is 0.667. The normalized spacial score (nSPS) is 23.9. The molecular formula is C18H31NO2SSi. The number of hydrogen-bond acceptors (Lipinski definition) is 3. The van der Waals surface area contributed by atoms with E-state index >= 15 is 0 Å². The lowest BCUT2D eigenvalue weighted by molar-refractivity contribution is 0.173. The summed E-state index contributed by atoms with van der Waals surface area (Å²) in [7, 11) is -2.77. The zero-order chi connectivity index (χ0) is 17.3. The maximum Gasteiger partial charge on any atom is 0.192 e. The number of aryl methyl sites for hydroxylation is 1. The molecule has 3 atom stereocenters. The smallest absolute Gasteiger partial charge is 0.192 e. The quantitative estimate of drug-likeness (QED) is 0.817. The molecule has 1 aliphatic rings. The van der Waals surface area contributed by atoms with Crippen LogP contribution in [0.4, 0.5) is 0 Å². The van der Waals surface area contributed by atoms with Gasteiger partial charge in [0, 0.05) is 16.7 Å². The van der Waals surface area contributed by atoms with Gasteiger partial charge in [0.15, 0.2) is 8.32 Å². The molecule has 1 aromatic carbocycles. The lowest BCUT2D eigenvalue weighted by Crippen LogP contribution is -2.48. The highest BCUT2D eigenvalue weighted by molar-refractivity contribution is 7.85. The van der Waals surface area contributed by atoms with Crippen LogP contribution in [0.25, 0.3) is 0 Å². The van der Waals surface area contributed by atoms with E-state index < -0.39 is 19.1 Å². The summed E-state index contributed by atoms with van der Waals surface area (Å²) in [6, 6.07) is 8.19. The van der Waals surface area contributed by atoms with Crippen molar-refractivity contribution < 1.29 is 8.63 Å². The molecule has 1 N–H and O–H groups in total. The van der Waals surface area contributed by atoms with E-state index in [1.807, 2.05) is 31.2 Å². The molecule has 1 saturated heterocycles. The van der Waals surface area contributed by atoms with Gasteiger partial charge in [-0.2, -0.15) is 0 Å². The molecule has 1 unspecified atom stereocenters. The Bertz CT molecular complexity index is 551. The molecule has 0 spiro atoms. The lowest BCUT2D eigenvalue weighted by Gasteiger charge is -2.39. The zero-order valence-corrected chi connectivity index (χ0v) is 17.1. The Morgan fingerprint density at radius 2 is 1.87 bits per heavy atom. The molecule has 0 bridgehead atoms. The third-order valence-electron chi connectivity index (χ3n) is 5.15. The minimum absolute atomic E-state index is 0.185. The van der Waals surface area contributed by atoms with Crippen LogP contribution in [0.5, 0.6) is 0 Å². The second-order valence-electron chi connectivity index (χ2n) is 8.09. The summed E-state index contributed by atoms with van der Waals surface area (Å²) in [5, 5.41) is 3.70. The van der Waals surface area contributed by atoms with Crippen molar-refractivity contribution in [3.05, 3.63) is 29.8 Å². The van der Waals surface area contributed by atoms with Crippen LogP contribution in [-0.4, -0.2) is 37.0 Å². The Morgan fingerprint density at radius 3 is 2.43 bits per heavy atom. The predicted molar refractivity (Wildman–Crippen MR) is 101 cm³/mol. The molecule has 0 saturated carbocycles. The van der Waals surface area contributed by atoms with Gasteiger partial charge in [-0.25, -0.2) is 0 Å². The molecule has 0 aromatic heterocycles. The highest BCUT2D eigenvalue weighted by atomic mass is 32.2. The first kappa shape index (κ1) is 18.8. The van der Waals surface area contributed by atoms with Gasteiger partial charge in [0.1, 0.15) is 0 Å². The summed E-state index contributed by atoms with van der Waals surface area (Å²) in [4.78, 5) is 0.912. The molecule has 0 radical (unpaired) electrons. The molecule has 1 fully saturated rings. The van der Waals surface area contributed by atoms with Crippen molar-refractivity contribution in [3.8, 4) is 0 Å². The van der Waals surface area contributed by atoms with Gasteiger partial charge in [0.2, 0.25) is 0 Å². The first-order valence-corrected chi connectivity index (χ1v) is 12.7. The lowest BCUT2D eigenvalue weighted by atomic mass is 10.2. The third kappa shape index (κ3) is 4.75. The largest absolute Gasteiger partial charge is 0.412 e. The van der Waals surface area contributed by atoms with Crippen molar-refractivity contribution in [1.82, 2.24) is 5.32 Å². The van der Waals surface area contributed by atoms with Crippen molar-refractivity contribution in [2.24, 2.45) is 0 Å². The van der Waals surface area contributed by atoms with Gasteiger partial charge < -0.3 is 9.74 Å². The van der Waals surface area contributed by atoms with E-state index in [1.165, 1.54) is 5.56 Å². The van der Waals surface area contributed by atoms with E-state index in [0.29, 0.717) is 5.75 Å². The molecule has 3 nitrogen and oxygen atoms in total. The molecule has 0 aliphatic carbocycles. The Labute approximate surface area is 144 Å². The van der Waals surface area contributed by atoms with Crippen LogP contribution in [-0.2, 0) is 15.2 Å². The molecule has 0 amide bonds. The number of nitrogens with one attached hydrogen (secondary N) is 1. The SMILES string of the molecule is Cc1ccc(S(=O)C[C@H]2NCC[C@H]2O[Si](C)(C)C(C)(C)C)cc1. The standard InChI is InChI=1S/C18H31NO2SSi/c1-14-7-9-15(10-8-14)22(20)13-16-17(11-12-19-16)21-23(5,6)18(2,3)4/h7-10,16-17,19H,11-13H2,1-6H3/t16-,17-,22?/m1/s1.